The van der Waals surface area contributed by atoms with Crippen LogP contribution in [0.5, 0.6) is 0 Å². The lowest BCUT2D eigenvalue weighted by Gasteiger charge is -2.28. The lowest BCUT2D eigenvalue weighted by molar-refractivity contribution is -0.126. The van der Waals surface area contributed by atoms with Gasteiger partial charge in [0.05, 0.1) is 0 Å². The van der Waals surface area contributed by atoms with Crippen LogP contribution in [-0.4, -0.2) is 23.4 Å². The zero-order valence-electron chi connectivity index (χ0n) is 5.96. The molecular weight excluding hydrogens is 148 g/mol. The highest BCUT2D eigenvalue weighted by molar-refractivity contribution is 7.80. The summed E-state index contributed by atoms with van der Waals surface area (Å²) in [5, 5.41) is 2.99. The zero-order valence-corrected chi connectivity index (χ0v) is 6.85. The number of hydrogen-bond donors (Lipinski definition) is 2. The van der Waals surface area contributed by atoms with Crippen molar-refractivity contribution < 1.29 is 4.79 Å². The van der Waals surface area contributed by atoms with Crippen LogP contribution in [-0.2, 0) is 4.79 Å². The van der Waals surface area contributed by atoms with Crippen LogP contribution in [0.2, 0.25) is 0 Å². The third kappa shape index (κ3) is 1.26. The number of carbonyl (C=O) groups is 1. The second-order valence-corrected chi connectivity index (χ2v) is 2.78. The number of amides is 1. The van der Waals surface area contributed by atoms with Gasteiger partial charge in [0.25, 0.3) is 0 Å². The summed E-state index contributed by atoms with van der Waals surface area (Å²) in [4.78, 5) is 12.5. The molecule has 3 nitrogen and oxygen atoms in total. The molecule has 0 aromatic rings. The molecule has 1 rings (SSSR count). The largest absolute Gasteiger partial charge is 0.360 e. The van der Waals surface area contributed by atoms with Crippen LogP contribution in [0.3, 0.4) is 0 Å². The van der Waals surface area contributed by atoms with E-state index in [4.69, 9.17) is 0 Å². The van der Waals surface area contributed by atoms with Gasteiger partial charge in [0, 0.05) is 18.8 Å². The third-order valence-corrected chi connectivity index (χ3v) is 1.89. The van der Waals surface area contributed by atoms with E-state index in [2.05, 4.69) is 17.9 Å². The minimum Gasteiger partial charge on any atom is -0.360 e. The normalized spacial score (nSPS) is 25.9. The molecule has 1 aliphatic heterocycles. The minimum absolute atomic E-state index is 0.00347. The number of allylic oxidation sites excluding steroid dienone is 1. The third-order valence-electron chi connectivity index (χ3n) is 1.41. The zero-order chi connectivity index (χ0) is 7.72. The fourth-order valence-electron chi connectivity index (χ4n) is 0.750. The SMILES string of the molecule is CC1=CC(=O)N(C)C(S)N1. The van der Waals surface area contributed by atoms with Crippen molar-refractivity contribution >= 4 is 18.5 Å². The molecule has 0 aromatic heterocycles. The van der Waals surface area contributed by atoms with Crippen LogP contribution in [0, 0.1) is 0 Å². The average Bonchev–Trinajstić information content (AvgIpc) is 1.82. The van der Waals surface area contributed by atoms with Crippen molar-refractivity contribution in [1.82, 2.24) is 10.2 Å². The van der Waals surface area contributed by atoms with E-state index in [9.17, 15) is 4.79 Å². The summed E-state index contributed by atoms with van der Waals surface area (Å²) in [6, 6.07) is 0. The first kappa shape index (κ1) is 7.47. The van der Waals surface area contributed by atoms with E-state index in [1.807, 2.05) is 6.92 Å². The number of thiol groups is 1. The van der Waals surface area contributed by atoms with Crippen LogP contribution >= 0.6 is 12.6 Å². The van der Waals surface area contributed by atoms with Crippen molar-refractivity contribution in [3.8, 4) is 0 Å². The smallest absolute Gasteiger partial charge is 0.250 e. The van der Waals surface area contributed by atoms with E-state index < -0.39 is 0 Å². The van der Waals surface area contributed by atoms with Crippen molar-refractivity contribution in [2.45, 2.75) is 12.4 Å². The van der Waals surface area contributed by atoms with E-state index in [1.54, 1.807) is 13.1 Å². The standard InChI is InChI=1S/C6H10N2OS/c1-4-3-5(9)8(2)6(10)7-4/h3,6-7,10H,1-2H3. The average molecular weight is 158 g/mol. The summed E-state index contributed by atoms with van der Waals surface area (Å²) in [6.45, 7) is 1.84. The topological polar surface area (TPSA) is 32.3 Å². The minimum atomic E-state index is -0.183. The molecule has 1 unspecified atom stereocenters. The molecule has 0 fully saturated rings. The highest BCUT2D eigenvalue weighted by Gasteiger charge is 2.18. The molecule has 4 heteroatoms. The molecule has 1 amide bonds. The Morgan fingerprint density at radius 2 is 2.40 bits per heavy atom. The fourth-order valence-corrected chi connectivity index (χ4v) is 1.07. The van der Waals surface area contributed by atoms with Crippen molar-refractivity contribution in [2.24, 2.45) is 0 Å². The highest BCUT2D eigenvalue weighted by Crippen LogP contribution is 2.07. The second-order valence-electron chi connectivity index (χ2n) is 2.29. The van der Waals surface area contributed by atoms with Gasteiger partial charge in [-0.1, -0.05) is 0 Å². The molecule has 0 saturated heterocycles. The summed E-state index contributed by atoms with van der Waals surface area (Å²) in [6.07, 6.45) is 1.55. The molecule has 56 valence electrons. The maximum absolute atomic E-state index is 11.0. The molecule has 0 saturated carbocycles. The van der Waals surface area contributed by atoms with Gasteiger partial charge < -0.3 is 10.2 Å². The van der Waals surface area contributed by atoms with Crippen LogP contribution < -0.4 is 5.32 Å². The van der Waals surface area contributed by atoms with E-state index in [0.717, 1.165) is 5.70 Å². The summed E-state index contributed by atoms with van der Waals surface area (Å²) in [7, 11) is 1.70. The molecular formula is C6H10N2OS. The fraction of sp³-hybridized carbons (Fsp3) is 0.500. The molecule has 1 atom stereocenters. The van der Waals surface area contributed by atoms with Crippen molar-refractivity contribution in [3.63, 3.8) is 0 Å². The lowest BCUT2D eigenvalue weighted by atomic mass is 10.3. The lowest BCUT2D eigenvalue weighted by Crippen LogP contribution is -2.45. The first-order valence-electron chi connectivity index (χ1n) is 3.01. The van der Waals surface area contributed by atoms with E-state index in [0.29, 0.717) is 0 Å². The molecule has 10 heavy (non-hydrogen) atoms. The van der Waals surface area contributed by atoms with Gasteiger partial charge in [0.1, 0.15) is 5.50 Å². The second kappa shape index (κ2) is 2.54. The highest BCUT2D eigenvalue weighted by atomic mass is 32.1. The Hall–Kier alpha value is -0.640. The molecule has 1 N–H and O–H groups in total. The first-order valence-corrected chi connectivity index (χ1v) is 3.52. The molecule has 0 aromatic carbocycles. The van der Waals surface area contributed by atoms with Gasteiger partial charge in [-0.25, -0.2) is 0 Å². The predicted octanol–water partition coefficient (Wildman–Crippen LogP) is 0.165. The molecule has 0 bridgehead atoms. The van der Waals surface area contributed by atoms with E-state index in [-0.39, 0.29) is 11.4 Å². The van der Waals surface area contributed by atoms with Gasteiger partial charge in [-0.05, 0) is 6.92 Å². The van der Waals surface area contributed by atoms with Crippen molar-refractivity contribution in [2.75, 3.05) is 7.05 Å². The number of nitrogens with zero attached hydrogens (tertiary/aromatic N) is 1. The molecule has 0 aliphatic carbocycles. The Morgan fingerprint density at radius 1 is 1.80 bits per heavy atom. The number of carbonyl (C=O) groups excluding carboxylic acids is 1. The van der Waals surface area contributed by atoms with Crippen LogP contribution in [0.4, 0.5) is 0 Å². The number of rotatable bonds is 0. The van der Waals surface area contributed by atoms with Gasteiger partial charge in [-0.3, -0.25) is 4.79 Å². The van der Waals surface area contributed by atoms with Gasteiger partial charge in [0.2, 0.25) is 5.91 Å². The first-order chi connectivity index (χ1) is 4.61. The van der Waals surface area contributed by atoms with Crippen molar-refractivity contribution in [3.05, 3.63) is 11.8 Å². The van der Waals surface area contributed by atoms with Crippen molar-refractivity contribution in [1.29, 1.82) is 0 Å². The maximum atomic E-state index is 11.0. The molecule has 1 heterocycles. The number of likely N-dealkylation sites (N-methyl/N-ethyl adjacent to an activating group) is 1. The molecule has 0 spiro atoms. The quantitative estimate of drug-likeness (QED) is 0.492. The van der Waals surface area contributed by atoms with Crippen LogP contribution in [0.25, 0.3) is 0 Å². The van der Waals surface area contributed by atoms with Gasteiger partial charge >= 0.3 is 0 Å². The maximum Gasteiger partial charge on any atom is 0.250 e. The van der Waals surface area contributed by atoms with Gasteiger partial charge in [0.15, 0.2) is 0 Å². The van der Waals surface area contributed by atoms with Crippen LogP contribution in [0.15, 0.2) is 11.8 Å². The Kier molecular flexibility index (Phi) is 1.89. The molecule has 1 aliphatic rings. The number of hydrogen-bond acceptors (Lipinski definition) is 3. The Bertz CT molecular complexity index is 190. The Balaban J connectivity index is 2.79. The van der Waals surface area contributed by atoms with Crippen LogP contribution in [0.1, 0.15) is 6.92 Å². The summed E-state index contributed by atoms with van der Waals surface area (Å²) in [5.74, 6) is -0.00347. The summed E-state index contributed by atoms with van der Waals surface area (Å²) < 4.78 is 0. The molecule has 0 radical (unpaired) electrons. The van der Waals surface area contributed by atoms with Gasteiger partial charge in [-0.2, -0.15) is 0 Å². The van der Waals surface area contributed by atoms with E-state index in [1.165, 1.54) is 4.90 Å². The summed E-state index contributed by atoms with van der Waals surface area (Å²) >= 11 is 4.13. The van der Waals surface area contributed by atoms with Gasteiger partial charge in [-0.15, -0.1) is 12.6 Å². The van der Waals surface area contributed by atoms with E-state index >= 15 is 0 Å². The Labute approximate surface area is 65.5 Å². The predicted molar refractivity (Wildman–Crippen MR) is 42.4 cm³/mol. The Morgan fingerprint density at radius 3 is 2.90 bits per heavy atom. The number of nitrogens with one attached hydrogen (secondary N) is 1. The monoisotopic (exact) mass is 158 g/mol. The summed E-state index contributed by atoms with van der Waals surface area (Å²) in [5.41, 5.74) is 0.681.